The van der Waals surface area contributed by atoms with E-state index in [2.05, 4.69) is 15.0 Å². The summed E-state index contributed by atoms with van der Waals surface area (Å²) in [4.78, 5) is 21.3. The highest BCUT2D eigenvalue weighted by molar-refractivity contribution is 5.94. The molecule has 4 heterocycles. The van der Waals surface area contributed by atoms with Crippen LogP contribution in [0, 0.1) is 0 Å². The van der Waals surface area contributed by atoms with E-state index in [1.807, 2.05) is 29.0 Å². The first kappa shape index (κ1) is 16.2. The molecule has 2 saturated heterocycles. The zero-order valence-electron chi connectivity index (χ0n) is 14.4. The summed E-state index contributed by atoms with van der Waals surface area (Å²) in [5, 5.41) is 4.24. The van der Waals surface area contributed by atoms with Crippen molar-refractivity contribution in [3.63, 3.8) is 0 Å². The van der Waals surface area contributed by atoms with Gasteiger partial charge in [0.25, 0.3) is 5.91 Å². The second kappa shape index (κ2) is 6.93. The largest absolute Gasteiger partial charge is 0.374 e. The molecule has 132 valence electrons. The van der Waals surface area contributed by atoms with E-state index in [9.17, 15) is 4.79 Å². The molecule has 2 fully saturated rings. The zero-order valence-corrected chi connectivity index (χ0v) is 14.4. The molecular weight excluding hydrogens is 318 g/mol. The second-order valence-electron chi connectivity index (χ2n) is 6.76. The van der Waals surface area contributed by atoms with E-state index in [1.165, 1.54) is 5.56 Å². The molecule has 2 aliphatic heterocycles. The lowest BCUT2D eigenvalue weighted by molar-refractivity contribution is -0.0914. The molecule has 0 unspecified atom stereocenters. The Morgan fingerprint density at radius 2 is 2.16 bits per heavy atom. The molecule has 2 aromatic heterocycles. The van der Waals surface area contributed by atoms with Crippen LogP contribution in [0.4, 0.5) is 0 Å². The molecule has 2 aromatic rings. The van der Waals surface area contributed by atoms with Crippen LogP contribution in [0.25, 0.3) is 0 Å². The number of carbonyl (C=O) groups is 1. The smallest absolute Gasteiger partial charge is 0.254 e. The third-order valence-corrected chi connectivity index (χ3v) is 5.02. The van der Waals surface area contributed by atoms with Gasteiger partial charge >= 0.3 is 0 Å². The molecule has 0 bridgehead atoms. The van der Waals surface area contributed by atoms with Crippen LogP contribution < -0.4 is 0 Å². The maximum Gasteiger partial charge on any atom is 0.254 e. The number of fused-ring (bicyclic) bond motifs is 1. The van der Waals surface area contributed by atoms with Crippen LogP contribution in [0.5, 0.6) is 0 Å². The molecule has 0 saturated carbocycles. The number of pyridine rings is 1. The summed E-state index contributed by atoms with van der Waals surface area (Å²) in [6, 6.07) is 3.66. The number of carbonyl (C=O) groups excluding carboxylic acids is 1. The first-order chi connectivity index (χ1) is 12.2. The molecule has 0 aliphatic carbocycles. The Balaban J connectivity index is 1.48. The molecule has 0 aromatic carbocycles. The van der Waals surface area contributed by atoms with Crippen LogP contribution in [0.1, 0.15) is 22.3 Å². The Labute approximate surface area is 147 Å². The highest BCUT2D eigenvalue weighted by Crippen LogP contribution is 2.25. The van der Waals surface area contributed by atoms with Crippen molar-refractivity contribution in [3.8, 4) is 0 Å². The van der Waals surface area contributed by atoms with Gasteiger partial charge in [0.2, 0.25) is 0 Å². The number of aryl methyl sites for hydroxylation is 1. The molecule has 4 rings (SSSR count). The Bertz CT molecular complexity index is 732. The van der Waals surface area contributed by atoms with Crippen LogP contribution >= 0.6 is 0 Å². The fraction of sp³-hybridized carbons (Fsp3) is 0.500. The van der Waals surface area contributed by atoms with Crippen LogP contribution in [0.15, 0.2) is 36.9 Å². The van der Waals surface area contributed by atoms with Crippen molar-refractivity contribution < 1.29 is 9.53 Å². The Hall–Kier alpha value is -2.25. The summed E-state index contributed by atoms with van der Waals surface area (Å²) in [5.41, 5.74) is 1.89. The standard InChI is InChI=1S/C18H23N5O2/c1-21-11-14(10-20-21)12-22-7-4-17-16(13-22)23(8-9-25-17)18(24)15-2-5-19-6-3-15/h2-3,5-6,10-11,16-17H,4,7-9,12-13H2,1H3/t16-,17-/m1/s1. The van der Waals surface area contributed by atoms with Gasteiger partial charge in [-0.25, -0.2) is 0 Å². The molecule has 0 N–H and O–H groups in total. The Morgan fingerprint density at radius 1 is 1.32 bits per heavy atom. The number of nitrogens with zero attached hydrogens (tertiary/aromatic N) is 5. The summed E-state index contributed by atoms with van der Waals surface area (Å²) >= 11 is 0. The average molecular weight is 341 g/mol. The number of ether oxygens (including phenoxy) is 1. The van der Waals surface area contributed by atoms with E-state index >= 15 is 0 Å². The topological polar surface area (TPSA) is 63.5 Å². The first-order valence-corrected chi connectivity index (χ1v) is 8.73. The Kier molecular flexibility index (Phi) is 4.50. The lowest BCUT2D eigenvalue weighted by Gasteiger charge is -2.47. The lowest BCUT2D eigenvalue weighted by Crippen LogP contribution is -2.61. The SMILES string of the molecule is Cn1cc(CN2CC[C@H]3OCCN(C(=O)c4ccncc4)[C@@H]3C2)cn1. The molecule has 7 nitrogen and oxygen atoms in total. The average Bonchev–Trinajstić information content (AvgIpc) is 3.06. The maximum atomic E-state index is 12.9. The Morgan fingerprint density at radius 3 is 2.92 bits per heavy atom. The van der Waals surface area contributed by atoms with Gasteiger partial charge < -0.3 is 9.64 Å². The van der Waals surface area contributed by atoms with Crippen molar-refractivity contribution >= 4 is 5.91 Å². The van der Waals surface area contributed by atoms with Gasteiger partial charge in [-0.1, -0.05) is 0 Å². The second-order valence-corrected chi connectivity index (χ2v) is 6.76. The van der Waals surface area contributed by atoms with Gasteiger partial charge in [0.15, 0.2) is 0 Å². The highest BCUT2D eigenvalue weighted by atomic mass is 16.5. The van der Waals surface area contributed by atoms with Crippen LogP contribution in [-0.2, 0) is 18.3 Å². The molecule has 2 aliphatic rings. The van der Waals surface area contributed by atoms with E-state index in [0.29, 0.717) is 18.7 Å². The van der Waals surface area contributed by atoms with E-state index in [4.69, 9.17) is 4.74 Å². The number of piperidine rings is 1. The van der Waals surface area contributed by atoms with Crippen LogP contribution in [0.2, 0.25) is 0 Å². The molecule has 0 radical (unpaired) electrons. The third-order valence-electron chi connectivity index (χ3n) is 5.02. The van der Waals surface area contributed by atoms with Crippen molar-refractivity contribution in [3.05, 3.63) is 48.0 Å². The highest BCUT2D eigenvalue weighted by Gasteiger charge is 2.39. The number of rotatable bonds is 3. The van der Waals surface area contributed by atoms with Gasteiger partial charge in [-0.3, -0.25) is 19.4 Å². The summed E-state index contributed by atoms with van der Waals surface area (Å²) in [5.74, 6) is 0.0731. The molecular formula is C18H23N5O2. The summed E-state index contributed by atoms with van der Waals surface area (Å²) in [6.07, 6.45) is 8.36. The molecule has 2 atom stereocenters. The minimum Gasteiger partial charge on any atom is -0.374 e. The monoisotopic (exact) mass is 341 g/mol. The fourth-order valence-electron chi connectivity index (χ4n) is 3.81. The van der Waals surface area contributed by atoms with Gasteiger partial charge in [-0.15, -0.1) is 0 Å². The predicted octanol–water partition coefficient (Wildman–Crippen LogP) is 0.931. The van der Waals surface area contributed by atoms with Crippen molar-refractivity contribution in [2.24, 2.45) is 7.05 Å². The lowest BCUT2D eigenvalue weighted by atomic mass is 9.97. The van der Waals surface area contributed by atoms with Gasteiger partial charge in [0.05, 0.1) is 24.9 Å². The fourth-order valence-corrected chi connectivity index (χ4v) is 3.81. The third kappa shape index (κ3) is 3.43. The normalized spacial score (nSPS) is 24.1. The van der Waals surface area contributed by atoms with E-state index in [-0.39, 0.29) is 18.1 Å². The number of amides is 1. The summed E-state index contributed by atoms with van der Waals surface area (Å²) < 4.78 is 7.78. The zero-order chi connectivity index (χ0) is 17.2. The number of hydrogen-bond donors (Lipinski definition) is 0. The van der Waals surface area contributed by atoms with E-state index in [1.54, 1.807) is 24.5 Å². The van der Waals surface area contributed by atoms with Crippen molar-refractivity contribution in [2.45, 2.75) is 25.1 Å². The minimum atomic E-state index is 0.0731. The van der Waals surface area contributed by atoms with Gasteiger partial charge in [0.1, 0.15) is 0 Å². The molecule has 0 spiro atoms. The quantitative estimate of drug-likeness (QED) is 0.831. The summed E-state index contributed by atoms with van der Waals surface area (Å²) in [7, 11) is 1.93. The van der Waals surface area contributed by atoms with Gasteiger partial charge in [-0.05, 0) is 18.6 Å². The van der Waals surface area contributed by atoms with Gasteiger partial charge in [0, 0.05) is 62.9 Å². The number of aromatic nitrogens is 3. The predicted molar refractivity (Wildman–Crippen MR) is 91.9 cm³/mol. The van der Waals surface area contributed by atoms with Crippen molar-refractivity contribution in [2.75, 3.05) is 26.2 Å². The molecule has 1 amide bonds. The van der Waals surface area contributed by atoms with E-state index in [0.717, 1.165) is 26.1 Å². The number of likely N-dealkylation sites (tertiary alicyclic amines) is 1. The van der Waals surface area contributed by atoms with Gasteiger partial charge in [-0.2, -0.15) is 5.10 Å². The first-order valence-electron chi connectivity index (χ1n) is 8.73. The maximum absolute atomic E-state index is 12.9. The van der Waals surface area contributed by atoms with Crippen LogP contribution in [0.3, 0.4) is 0 Å². The van der Waals surface area contributed by atoms with Crippen molar-refractivity contribution in [1.29, 1.82) is 0 Å². The van der Waals surface area contributed by atoms with E-state index < -0.39 is 0 Å². The molecule has 7 heteroatoms. The number of hydrogen-bond acceptors (Lipinski definition) is 5. The van der Waals surface area contributed by atoms with Crippen LogP contribution in [-0.4, -0.2) is 68.9 Å². The number of morpholine rings is 1. The minimum absolute atomic E-state index is 0.0731. The van der Waals surface area contributed by atoms with Crippen molar-refractivity contribution in [1.82, 2.24) is 24.6 Å². The molecule has 25 heavy (non-hydrogen) atoms. The summed E-state index contributed by atoms with van der Waals surface area (Å²) in [6.45, 7) is 3.92.